The Morgan fingerprint density at radius 1 is 0.967 bits per heavy atom. The smallest absolute Gasteiger partial charge is 0.219 e. The topological polar surface area (TPSA) is 73.7 Å². The van der Waals surface area contributed by atoms with E-state index in [1.54, 1.807) is 30.6 Å². The average molecular weight is 400 g/mol. The van der Waals surface area contributed by atoms with Crippen molar-refractivity contribution in [1.82, 2.24) is 9.97 Å². The molecule has 3 heterocycles. The van der Waals surface area contributed by atoms with Crippen LogP contribution in [-0.4, -0.2) is 27.8 Å². The van der Waals surface area contributed by atoms with E-state index in [9.17, 15) is 5.11 Å². The third-order valence-electron chi connectivity index (χ3n) is 5.03. The summed E-state index contributed by atoms with van der Waals surface area (Å²) in [4.78, 5) is 8.60. The number of hydrogen-bond acceptors (Lipinski definition) is 6. The molecule has 0 bridgehead atoms. The zero-order valence-electron chi connectivity index (χ0n) is 16.1. The van der Waals surface area contributed by atoms with E-state index in [0.29, 0.717) is 41.7 Å². The standard InChI is InChI=1S/C24H20N2O4/c27-24-19-14-17(30-23-10-7-16-4-1-2-6-20(16)26-23)8-9-21(19)28-13-11-22(24)29-18-5-3-12-25-15-18/h1-10,12,14-15,22,24,27H,11,13H2/t22-,24+/m1/s1. The molecule has 30 heavy (non-hydrogen) atoms. The zero-order valence-corrected chi connectivity index (χ0v) is 16.1. The summed E-state index contributed by atoms with van der Waals surface area (Å²) in [7, 11) is 0. The molecule has 0 fully saturated rings. The maximum Gasteiger partial charge on any atom is 0.219 e. The second-order valence-corrected chi connectivity index (χ2v) is 7.07. The summed E-state index contributed by atoms with van der Waals surface area (Å²) < 4.78 is 17.8. The van der Waals surface area contributed by atoms with Crippen molar-refractivity contribution in [3.63, 3.8) is 0 Å². The van der Waals surface area contributed by atoms with Gasteiger partial charge < -0.3 is 19.3 Å². The molecule has 0 saturated heterocycles. The van der Waals surface area contributed by atoms with Crippen LogP contribution in [0, 0.1) is 0 Å². The Kier molecular flexibility index (Phi) is 4.91. The van der Waals surface area contributed by atoms with Gasteiger partial charge in [0.1, 0.15) is 29.5 Å². The third kappa shape index (κ3) is 3.77. The monoisotopic (exact) mass is 400 g/mol. The Bertz CT molecular complexity index is 1170. The predicted octanol–water partition coefficient (Wildman–Crippen LogP) is 4.69. The molecule has 2 atom stereocenters. The lowest BCUT2D eigenvalue weighted by atomic mass is 10.0. The van der Waals surface area contributed by atoms with Crippen LogP contribution in [0.1, 0.15) is 18.1 Å². The van der Waals surface area contributed by atoms with Gasteiger partial charge in [0.05, 0.1) is 18.3 Å². The number of hydrogen-bond donors (Lipinski definition) is 1. The number of aliphatic hydroxyl groups excluding tert-OH is 1. The summed E-state index contributed by atoms with van der Waals surface area (Å²) >= 11 is 0. The van der Waals surface area contributed by atoms with E-state index in [0.717, 1.165) is 10.9 Å². The first-order valence-electron chi connectivity index (χ1n) is 9.81. The van der Waals surface area contributed by atoms with E-state index in [2.05, 4.69) is 9.97 Å². The second-order valence-electron chi connectivity index (χ2n) is 7.07. The molecular weight excluding hydrogens is 380 g/mol. The molecule has 1 aliphatic heterocycles. The number of pyridine rings is 2. The molecular formula is C24H20N2O4. The van der Waals surface area contributed by atoms with Crippen molar-refractivity contribution >= 4 is 10.9 Å². The molecule has 4 aromatic rings. The van der Waals surface area contributed by atoms with Crippen LogP contribution in [-0.2, 0) is 0 Å². The lowest BCUT2D eigenvalue weighted by Gasteiger charge is -2.22. The van der Waals surface area contributed by atoms with Crippen molar-refractivity contribution in [2.75, 3.05) is 6.61 Å². The fourth-order valence-corrected chi connectivity index (χ4v) is 3.54. The van der Waals surface area contributed by atoms with Crippen LogP contribution < -0.4 is 14.2 Å². The quantitative estimate of drug-likeness (QED) is 0.536. The molecule has 6 heteroatoms. The summed E-state index contributed by atoms with van der Waals surface area (Å²) in [5.74, 6) is 2.29. The predicted molar refractivity (Wildman–Crippen MR) is 112 cm³/mol. The van der Waals surface area contributed by atoms with E-state index in [-0.39, 0.29) is 0 Å². The number of aliphatic hydroxyl groups is 1. The van der Waals surface area contributed by atoms with Crippen molar-refractivity contribution in [1.29, 1.82) is 0 Å². The van der Waals surface area contributed by atoms with Gasteiger partial charge in [-0.2, -0.15) is 0 Å². The van der Waals surface area contributed by atoms with Gasteiger partial charge in [-0.25, -0.2) is 4.98 Å². The van der Waals surface area contributed by atoms with Gasteiger partial charge in [0.25, 0.3) is 0 Å². The molecule has 1 aliphatic rings. The van der Waals surface area contributed by atoms with Crippen LogP contribution >= 0.6 is 0 Å². The van der Waals surface area contributed by atoms with Crippen LogP contribution in [0.5, 0.6) is 23.1 Å². The third-order valence-corrected chi connectivity index (χ3v) is 5.03. The van der Waals surface area contributed by atoms with Crippen LogP contribution in [0.15, 0.2) is 79.1 Å². The SMILES string of the molecule is O[C@H]1c2cc(Oc3ccc4ccccc4n3)ccc2OCC[C@H]1Oc1cccnc1. The fraction of sp³-hybridized carbons (Fsp3) is 0.167. The molecule has 0 unspecified atom stereocenters. The Labute approximate surface area is 173 Å². The van der Waals surface area contributed by atoms with E-state index in [4.69, 9.17) is 14.2 Å². The highest BCUT2D eigenvalue weighted by atomic mass is 16.5. The van der Waals surface area contributed by atoms with Gasteiger partial charge in [-0.15, -0.1) is 0 Å². The number of ether oxygens (including phenoxy) is 3. The van der Waals surface area contributed by atoms with Crippen LogP contribution in [0.2, 0.25) is 0 Å². The number of para-hydroxylation sites is 1. The van der Waals surface area contributed by atoms with Crippen LogP contribution in [0.4, 0.5) is 0 Å². The number of nitrogens with zero attached hydrogens (tertiary/aromatic N) is 2. The zero-order chi connectivity index (χ0) is 20.3. The summed E-state index contributed by atoms with van der Waals surface area (Å²) in [5, 5.41) is 12.0. The molecule has 0 aliphatic carbocycles. The Morgan fingerprint density at radius 2 is 1.90 bits per heavy atom. The first-order chi connectivity index (χ1) is 14.8. The fourth-order valence-electron chi connectivity index (χ4n) is 3.54. The molecule has 150 valence electrons. The minimum atomic E-state index is -0.865. The summed E-state index contributed by atoms with van der Waals surface area (Å²) in [5.41, 5.74) is 1.48. The molecule has 0 saturated carbocycles. The van der Waals surface area contributed by atoms with Gasteiger partial charge >= 0.3 is 0 Å². The first-order valence-corrected chi connectivity index (χ1v) is 9.81. The van der Waals surface area contributed by atoms with Crippen LogP contribution in [0.25, 0.3) is 10.9 Å². The molecule has 0 spiro atoms. The molecule has 0 radical (unpaired) electrons. The van der Waals surface area contributed by atoms with Gasteiger partial charge in [-0.1, -0.05) is 18.2 Å². The Balaban J connectivity index is 1.40. The lowest BCUT2D eigenvalue weighted by Crippen LogP contribution is -2.25. The Morgan fingerprint density at radius 3 is 2.80 bits per heavy atom. The van der Waals surface area contributed by atoms with Gasteiger partial charge in [0.15, 0.2) is 0 Å². The molecule has 5 rings (SSSR count). The molecule has 2 aromatic carbocycles. The summed E-state index contributed by atoms with van der Waals surface area (Å²) in [6, 6.07) is 20.7. The normalized spacial score (nSPS) is 18.2. The highest BCUT2D eigenvalue weighted by Gasteiger charge is 2.29. The molecule has 2 aromatic heterocycles. The minimum absolute atomic E-state index is 0.446. The minimum Gasteiger partial charge on any atom is -0.493 e. The van der Waals surface area contributed by atoms with Gasteiger partial charge in [0.2, 0.25) is 5.88 Å². The van der Waals surface area contributed by atoms with Crippen molar-refractivity contribution in [3.8, 4) is 23.1 Å². The Hall–Kier alpha value is -3.64. The highest BCUT2D eigenvalue weighted by Crippen LogP contribution is 2.37. The van der Waals surface area contributed by atoms with E-state index in [1.165, 1.54) is 0 Å². The van der Waals surface area contributed by atoms with Crippen molar-refractivity contribution < 1.29 is 19.3 Å². The van der Waals surface area contributed by atoms with Gasteiger partial charge in [-0.3, -0.25) is 4.98 Å². The van der Waals surface area contributed by atoms with Crippen molar-refractivity contribution in [2.45, 2.75) is 18.6 Å². The first kappa shape index (κ1) is 18.4. The second kappa shape index (κ2) is 8.00. The molecule has 0 amide bonds. The van der Waals surface area contributed by atoms with E-state index in [1.807, 2.05) is 48.5 Å². The highest BCUT2D eigenvalue weighted by molar-refractivity contribution is 5.78. The van der Waals surface area contributed by atoms with Gasteiger partial charge in [-0.05, 0) is 42.5 Å². The van der Waals surface area contributed by atoms with Crippen molar-refractivity contribution in [2.24, 2.45) is 0 Å². The molecule has 6 nitrogen and oxygen atoms in total. The van der Waals surface area contributed by atoms with Crippen molar-refractivity contribution in [3.05, 3.63) is 84.7 Å². The summed E-state index contributed by atoms with van der Waals surface area (Å²) in [6.07, 6.45) is 2.54. The summed E-state index contributed by atoms with van der Waals surface area (Å²) in [6.45, 7) is 0.446. The number of rotatable bonds is 4. The maximum atomic E-state index is 11.0. The lowest BCUT2D eigenvalue weighted by molar-refractivity contribution is 0.0310. The van der Waals surface area contributed by atoms with Gasteiger partial charge in [0, 0.05) is 29.6 Å². The van der Waals surface area contributed by atoms with E-state index >= 15 is 0 Å². The number of benzene rings is 2. The average Bonchev–Trinajstić information content (AvgIpc) is 2.93. The number of fused-ring (bicyclic) bond motifs is 2. The van der Waals surface area contributed by atoms with Crippen LogP contribution in [0.3, 0.4) is 0 Å². The molecule has 1 N–H and O–H groups in total. The van der Waals surface area contributed by atoms with E-state index < -0.39 is 12.2 Å². The largest absolute Gasteiger partial charge is 0.493 e. The maximum absolute atomic E-state index is 11.0. The number of aromatic nitrogens is 2.